The Morgan fingerprint density at radius 2 is 1.82 bits per heavy atom. The molecule has 0 bridgehead atoms. The molecule has 0 spiro atoms. The maximum atomic E-state index is 5.91. The highest BCUT2D eigenvalue weighted by atomic mass is 35.5. The van der Waals surface area contributed by atoms with Crippen molar-refractivity contribution in [3.8, 4) is 0 Å². The van der Waals surface area contributed by atoms with Crippen LogP contribution in [0, 0.1) is 6.92 Å². The number of nitrogens with zero attached hydrogens (tertiary/aromatic N) is 3. The number of hydrogen-bond acceptors (Lipinski definition) is 4. The molecule has 2 aromatic rings. The minimum absolute atomic E-state index is 0.729. The van der Waals surface area contributed by atoms with Crippen LogP contribution in [0.1, 0.15) is 30.7 Å². The molecule has 3 rings (SSSR count). The van der Waals surface area contributed by atoms with Gasteiger partial charge in [0.05, 0.1) is 0 Å². The first-order chi connectivity index (χ1) is 10.7. The van der Waals surface area contributed by atoms with E-state index in [4.69, 9.17) is 11.6 Å². The number of piperidine rings is 1. The van der Waals surface area contributed by atoms with E-state index < -0.39 is 0 Å². The molecule has 116 valence electrons. The SMILES string of the molecule is Cc1nc(NCc2ccc(Cl)cc2)cc(N2CCCCC2)n1. The van der Waals surface area contributed by atoms with E-state index in [0.717, 1.165) is 42.1 Å². The fourth-order valence-electron chi connectivity index (χ4n) is 2.72. The zero-order valence-corrected chi connectivity index (χ0v) is 13.6. The van der Waals surface area contributed by atoms with Gasteiger partial charge in [-0.05, 0) is 43.9 Å². The molecule has 0 saturated carbocycles. The molecule has 1 saturated heterocycles. The van der Waals surface area contributed by atoms with Crippen LogP contribution in [-0.4, -0.2) is 23.1 Å². The van der Waals surface area contributed by atoms with Crippen LogP contribution in [0.2, 0.25) is 5.02 Å². The first-order valence-electron chi connectivity index (χ1n) is 7.80. The van der Waals surface area contributed by atoms with Crippen LogP contribution in [0.4, 0.5) is 11.6 Å². The number of aryl methyl sites for hydroxylation is 1. The van der Waals surface area contributed by atoms with Gasteiger partial charge in [0.2, 0.25) is 0 Å². The average molecular weight is 317 g/mol. The number of nitrogens with one attached hydrogen (secondary N) is 1. The summed E-state index contributed by atoms with van der Waals surface area (Å²) in [5, 5.41) is 4.14. The van der Waals surface area contributed by atoms with Crippen LogP contribution >= 0.6 is 11.6 Å². The Morgan fingerprint density at radius 1 is 1.09 bits per heavy atom. The van der Waals surface area contributed by atoms with Gasteiger partial charge < -0.3 is 10.2 Å². The first-order valence-corrected chi connectivity index (χ1v) is 8.17. The summed E-state index contributed by atoms with van der Waals surface area (Å²) in [6.07, 6.45) is 3.81. The van der Waals surface area contributed by atoms with Gasteiger partial charge >= 0.3 is 0 Å². The largest absolute Gasteiger partial charge is 0.366 e. The highest BCUT2D eigenvalue weighted by Crippen LogP contribution is 2.20. The van der Waals surface area contributed by atoms with Crippen molar-refractivity contribution < 1.29 is 0 Å². The molecule has 1 aliphatic rings. The third-order valence-electron chi connectivity index (χ3n) is 3.89. The number of hydrogen-bond donors (Lipinski definition) is 1. The number of rotatable bonds is 4. The van der Waals surface area contributed by atoms with Crippen molar-refractivity contribution in [2.45, 2.75) is 32.7 Å². The number of aromatic nitrogens is 2. The van der Waals surface area contributed by atoms with Crippen LogP contribution in [0.15, 0.2) is 30.3 Å². The van der Waals surface area contributed by atoms with E-state index in [9.17, 15) is 0 Å². The molecule has 0 unspecified atom stereocenters. The molecule has 0 aliphatic carbocycles. The molecular formula is C17H21ClN4. The van der Waals surface area contributed by atoms with Crippen molar-refractivity contribution in [2.24, 2.45) is 0 Å². The fourth-order valence-corrected chi connectivity index (χ4v) is 2.85. The summed E-state index contributed by atoms with van der Waals surface area (Å²) in [7, 11) is 0. The molecule has 1 fully saturated rings. The van der Waals surface area contributed by atoms with Gasteiger partial charge in [-0.1, -0.05) is 23.7 Å². The van der Waals surface area contributed by atoms with Gasteiger partial charge in [-0.15, -0.1) is 0 Å². The standard InChI is InChI=1S/C17H21ClN4/c1-13-20-16(19-12-14-5-7-15(18)8-6-14)11-17(21-13)22-9-3-2-4-10-22/h5-8,11H,2-4,9-10,12H2,1H3,(H,19,20,21). The van der Waals surface area contributed by atoms with E-state index in [1.54, 1.807) is 0 Å². The Morgan fingerprint density at radius 3 is 2.55 bits per heavy atom. The molecule has 22 heavy (non-hydrogen) atoms. The summed E-state index contributed by atoms with van der Waals surface area (Å²) in [6.45, 7) is 4.86. The van der Waals surface area contributed by atoms with Crippen molar-refractivity contribution in [3.05, 3.63) is 46.7 Å². The monoisotopic (exact) mass is 316 g/mol. The highest BCUT2D eigenvalue weighted by Gasteiger charge is 2.13. The lowest BCUT2D eigenvalue weighted by molar-refractivity contribution is 0.572. The van der Waals surface area contributed by atoms with Crippen LogP contribution in [0.25, 0.3) is 0 Å². The second-order valence-electron chi connectivity index (χ2n) is 5.69. The van der Waals surface area contributed by atoms with Gasteiger partial charge in [0.25, 0.3) is 0 Å². The van der Waals surface area contributed by atoms with Gasteiger partial charge in [0.15, 0.2) is 0 Å². The van der Waals surface area contributed by atoms with Crippen molar-refractivity contribution in [2.75, 3.05) is 23.3 Å². The minimum Gasteiger partial charge on any atom is -0.366 e. The van der Waals surface area contributed by atoms with Crippen LogP contribution in [-0.2, 0) is 6.54 Å². The quantitative estimate of drug-likeness (QED) is 0.924. The second-order valence-corrected chi connectivity index (χ2v) is 6.12. The van der Waals surface area contributed by atoms with Crippen molar-refractivity contribution >= 4 is 23.2 Å². The van der Waals surface area contributed by atoms with Crippen molar-refractivity contribution in [1.29, 1.82) is 0 Å². The summed E-state index contributed by atoms with van der Waals surface area (Å²) in [5.74, 6) is 2.72. The Kier molecular flexibility index (Phi) is 4.78. The Bertz CT molecular complexity index is 621. The Hall–Kier alpha value is -1.81. The summed E-state index contributed by atoms with van der Waals surface area (Å²) in [6, 6.07) is 9.91. The molecule has 0 radical (unpaired) electrons. The van der Waals surface area contributed by atoms with Crippen LogP contribution in [0.5, 0.6) is 0 Å². The van der Waals surface area contributed by atoms with Gasteiger partial charge in [-0.2, -0.15) is 0 Å². The topological polar surface area (TPSA) is 41.1 Å². The van der Waals surface area contributed by atoms with Crippen LogP contribution < -0.4 is 10.2 Å². The summed E-state index contributed by atoms with van der Waals surface area (Å²) in [5.41, 5.74) is 1.18. The second kappa shape index (κ2) is 6.97. The van der Waals surface area contributed by atoms with E-state index in [0.29, 0.717) is 0 Å². The zero-order chi connectivity index (χ0) is 15.4. The normalized spacial score (nSPS) is 14.9. The predicted octanol–water partition coefficient (Wildman–Crippen LogP) is 4.04. The molecule has 2 heterocycles. The van der Waals surface area contributed by atoms with E-state index in [-0.39, 0.29) is 0 Å². The summed E-state index contributed by atoms with van der Waals surface area (Å²) < 4.78 is 0. The number of benzene rings is 1. The van der Waals surface area contributed by atoms with Crippen LogP contribution in [0.3, 0.4) is 0 Å². The van der Waals surface area contributed by atoms with Crippen molar-refractivity contribution in [1.82, 2.24) is 9.97 Å². The lowest BCUT2D eigenvalue weighted by Gasteiger charge is -2.28. The average Bonchev–Trinajstić information content (AvgIpc) is 2.55. The molecule has 1 aliphatic heterocycles. The Labute approximate surface area is 136 Å². The first kappa shape index (κ1) is 15.1. The van der Waals surface area contributed by atoms with Gasteiger partial charge in [-0.3, -0.25) is 0 Å². The van der Waals surface area contributed by atoms with E-state index in [2.05, 4.69) is 20.2 Å². The maximum absolute atomic E-state index is 5.91. The maximum Gasteiger partial charge on any atom is 0.134 e. The fraction of sp³-hybridized carbons (Fsp3) is 0.412. The van der Waals surface area contributed by atoms with E-state index in [1.165, 1.54) is 24.8 Å². The molecule has 0 amide bonds. The van der Waals surface area contributed by atoms with Gasteiger partial charge in [0.1, 0.15) is 17.5 Å². The smallest absolute Gasteiger partial charge is 0.134 e. The van der Waals surface area contributed by atoms with E-state index in [1.807, 2.05) is 37.3 Å². The molecule has 4 nitrogen and oxygen atoms in total. The summed E-state index contributed by atoms with van der Waals surface area (Å²) in [4.78, 5) is 11.4. The zero-order valence-electron chi connectivity index (χ0n) is 12.8. The molecule has 0 atom stereocenters. The van der Waals surface area contributed by atoms with Gasteiger partial charge in [0, 0.05) is 30.7 Å². The molecule has 1 aromatic carbocycles. The molecular weight excluding hydrogens is 296 g/mol. The number of anilines is 2. The lowest BCUT2D eigenvalue weighted by Crippen LogP contribution is -2.30. The van der Waals surface area contributed by atoms with Crippen molar-refractivity contribution in [3.63, 3.8) is 0 Å². The highest BCUT2D eigenvalue weighted by molar-refractivity contribution is 6.30. The molecule has 5 heteroatoms. The predicted molar refractivity (Wildman–Crippen MR) is 91.6 cm³/mol. The summed E-state index contributed by atoms with van der Waals surface area (Å²) >= 11 is 5.91. The molecule has 1 N–H and O–H groups in total. The lowest BCUT2D eigenvalue weighted by atomic mass is 10.1. The molecule has 1 aromatic heterocycles. The third kappa shape index (κ3) is 3.89. The van der Waals surface area contributed by atoms with Gasteiger partial charge in [-0.25, -0.2) is 9.97 Å². The minimum atomic E-state index is 0.729. The van der Waals surface area contributed by atoms with E-state index >= 15 is 0 Å². The Balaban J connectivity index is 1.70. The number of halogens is 1. The third-order valence-corrected chi connectivity index (χ3v) is 4.14.